The first-order valence-electron chi connectivity index (χ1n) is 27.3. The van der Waals surface area contributed by atoms with Gasteiger partial charge in [-0.25, -0.2) is 0 Å². The van der Waals surface area contributed by atoms with Gasteiger partial charge in [0.1, 0.15) is 0 Å². The molecule has 2 aliphatic rings. The van der Waals surface area contributed by atoms with Crippen molar-refractivity contribution in [1.29, 1.82) is 0 Å². The second kappa shape index (κ2) is 18.4. The van der Waals surface area contributed by atoms with Gasteiger partial charge < -0.3 is 19.6 Å². The van der Waals surface area contributed by atoms with Crippen LogP contribution in [0.25, 0.3) is 40.3 Å². The molecule has 0 saturated heterocycles. The molecule has 7 heteroatoms. The highest BCUT2D eigenvalue weighted by Crippen LogP contribution is 2.51. The molecule has 378 valence electrons. The number of aryl methyl sites for hydroxylation is 6. The molecule has 0 radical (unpaired) electrons. The van der Waals surface area contributed by atoms with Crippen molar-refractivity contribution in [2.24, 2.45) is 0 Å². The number of para-hydroxylation sites is 4. The molecule has 79 heavy (non-hydrogen) atoms. The molecule has 0 spiro atoms. The summed E-state index contributed by atoms with van der Waals surface area (Å²) in [5, 5.41) is 5.11. The Labute approximate surface area is 470 Å². The van der Waals surface area contributed by atoms with Crippen LogP contribution < -0.4 is 36.0 Å². The molecule has 0 saturated carbocycles. The molecule has 15 rings (SSSR count). The van der Waals surface area contributed by atoms with Gasteiger partial charge in [0.25, 0.3) is 6.71 Å². The van der Waals surface area contributed by atoms with Crippen LogP contribution in [0.3, 0.4) is 0 Å². The molecule has 0 atom stereocenters. The summed E-state index contributed by atoms with van der Waals surface area (Å²) in [5.74, 6) is 0. The monoisotopic (exact) mass is 1050 g/mol. The zero-order chi connectivity index (χ0) is 53.2. The van der Waals surface area contributed by atoms with E-state index in [0.717, 1.165) is 34.1 Å². The fourth-order valence-corrected chi connectivity index (χ4v) is 15.8. The molecule has 4 nitrogen and oxygen atoms in total. The lowest BCUT2D eigenvalue weighted by Crippen LogP contribution is -2.61. The summed E-state index contributed by atoms with van der Waals surface area (Å²) >= 11 is 3.82. The topological polar surface area (TPSA) is 13.0 Å². The molecule has 13 aromatic rings. The van der Waals surface area contributed by atoms with Crippen LogP contribution in [0, 0.1) is 41.5 Å². The number of hydrogen-bond donors (Lipinski definition) is 0. The minimum absolute atomic E-state index is 0.0468. The van der Waals surface area contributed by atoms with Gasteiger partial charge in [0.05, 0.1) is 11.4 Å². The van der Waals surface area contributed by atoms with Gasteiger partial charge in [-0.15, -0.1) is 22.7 Å². The van der Waals surface area contributed by atoms with Crippen molar-refractivity contribution < 1.29 is 0 Å². The number of benzene rings is 11. The number of nitrogens with zero attached hydrogens (tertiary/aromatic N) is 4. The predicted molar refractivity (Wildman–Crippen MR) is 344 cm³/mol. The third kappa shape index (κ3) is 7.55. The molecule has 0 bridgehead atoms. The van der Waals surface area contributed by atoms with E-state index in [4.69, 9.17) is 0 Å². The summed E-state index contributed by atoms with van der Waals surface area (Å²) in [5.41, 5.74) is 25.9. The zero-order valence-corrected chi connectivity index (χ0v) is 46.7. The summed E-state index contributed by atoms with van der Waals surface area (Å²) in [6.07, 6.45) is 0. The van der Waals surface area contributed by atoms with Crippen LogP contribution in [0.4, 0.5) is 68.2 Å². The third-order valence-electron chi connectivity index (χ3n) is 16.4. The van der Waals surface area contributed by atoms with Gasteiger partial charge in [-0.1, -0.05) is 126 Å². The largest absolute Gasteiger partial charge is 0.311 e. The first kappa shape index (κ1) is 47.3. The summed E-state index contributed by atoms with van der Waals surface area (Å²) < 4.78 is 5.12. The van der Waals surface area contributed by atoms with Crippen LogP contribution >= 0.6 is 22.7 Å². The number of hydrogen-bond acceptors (Lipinski definition) is 6. The van der Waals surface area contributed by atoms with Gasteiger partial charge in [-0.3, -0.25) is 0 Å². The molecule has 0 amide bonds. The molecule has 0 N–H and O–H groups in total. The van der Waals surface area contributed by atoms with E-state index < -0.39 is 0 Å². The van der Waals surface area contributed by atoms with Gasteiger partial charge in [0.15, 0.2) is 0 Å². The van der Waals surface area contributed by atoms with E-state index in [1.54, 1.807) is 0 Å². The molecular formula is C72H55BN4S2. The van der Waals surface area contributed by atoms with Crippen molar-refractivity contribution in [3.63, 3.8) is 0 Å². The quantitative estimate of drug-likeness (QED) is 0.141. The van der Waals surface area contributed by atoms with Gasteiger partial charge in [-0.05, 0) is 189 Å². The summed E-state index contributed by atoms with van der Waals surface area (Å²) in [4.78, 5) is 10.00. The van der Waals surface area contributed by atoms with Crippen molar-refractivity contribution >= 4 is 154 Å². The lowest BCUT2D eigenvalue weighted by atomic mass is 9.33. The van der Waals surface area contributed by atoms with Crippen LogP contribution in [0.15, 0.2) is 224 Å². The van der Waals surface area contributed by atoms with Crippen LogP contribution in [0.1, 0.15) is 33.4 Å². The Kier molecular flexibility index (Phi) is 11.0. The Morgan fingerprint density at radius 1 is 0.304 bits per heavy atom. The number of thiophene rings is 2. The lowest BCUT2D eigenvalue weighted by Gasteiger charge is -2.45. The highest BCUT2D eigenvalue weighted by Gasteiger charge is 2.45. The highest BCUT2D eigenvalue weighted by atomic mass is 32.1. The second-order valence-corrected chi connectivity index (χ2v) is 23.9. The maximum atomic E-state index is 2.63. The molecule has 0 unspecified atom stereocenters. The lowest BCUT2D eigenvalue weighted by molar-refractivity contribution is 1.19. The average molecular weight is 1050 g/mol. The van der Waals surface area contributed by atoms with Crippen molar-refractivity contribution in [1.82, 2.24) is 0 Å². The Bertz CT molecular complexity index is 4170. The minimum atomic E-state index is -0.0468. The number of rotatable bonds is 8. The van der Waals surface area contributed by atoms with E-state index in [1.165, 1.54) is 124 Å². The normalized spacial score (nSPS) is 12.6. The van der Waals surface area contributed by atoms with E-state index in [1.807, 2.05) is 22.7 Å². The molecule has 2 aromatic heterocycles. The Balaban J connectivity index is 0.990. The summed E-state index contributed by atoms with van der Waals surface area (Å²) in [7, 11) is 0. The average Bonchev–Trinajstić information content (AvgIpc) is 4.18. The fourth-order valence-electron chi connectivity index (χ4n) is 13.5. The maximum Gasteiger partial charge on any atom is 0.252 e. The third-order valence-corrected chi connectivity index (χ3v) is 18.7. The zero-order valence-electron chi connectivity index (χ0n) is 45.0. The van der Waals surface area contributed by atoms with Crippen molar-refractivity contribution in [3.8, 4) is 0 Å². The maximum absolute atomic E-state index is 2.63. The Hall–Kier alpha value is -8.88. The standard InChI is InChI=1S/C72H55BN4S2/c1-44-34-46(3)71(47(4)35-44)76-62-28-19-29-63-70(62)73(60-42-68-58(40-64(60)76)56-32-30-54(38-66(56)78-68)74(50-20-11-7-12-21-50)51-22-13-8-14-23-51)61-43-69-59(41-65(61)77(63)72-48(5)36-45(2)37-49(72)6)57-33-31-55(39-67(57)79-69)75(52-24-15-9-16-25-52)53-26-17-10-18-27-53/h7-43H,1-6H3. The number of fused-ring (bicyclic) bond motifs is 10. The highest BCUT2D eigenvalue weighted by molar-refractivity contribution is 7.26. The summed E-state index contributed by atoms with van der Waals surface area (Å²) in [6.45, 7) is 13.6. The first-order chi connectivity index (χ1) is 38.6. The SMILES string of the molecule is Cc1cc(C)c(N2c3cc4c(cc3B3c5cc6sc7cc(N(c8ccccc8)c8ccccc8)ccc7c6cc5N(c5c(C)cc(C)cc5C)c5cccc2c53)sc2cc(N(c3ccccc3)c3ccccc3)ccc24)c(C)c1. The Morgan fingerprint density at radius 2 is 0.646 bits per heavy atom. The number of anilines is 12. The van der Waals surface area contributed by atoms with Crippen molar-refractivity contribution in [3.05, 3.63) is 258 Å². The molecule has 4 heterocycles. The Morgan fingerprint density at radius 3 is 1.00 bits per heavy atom. The molecule has 2 aliphatic heterocycles. The minimum Gasteiger partial charge on any atom is -0.311 e. The molecule has 0 fully saturated rings. The molecule has 0 aliphatic carbocycles. The second-order valence-electron chi connectivity index (χ2n) is 21.7. The predicted octanol–water partition coefficient (Wildman–Crippen LogP) is 19.3. The van der Waals surface area contributed by atoms with Crippen LogP contribution in [-0.2, 0) is 0 Å². The van der Waals surface area contributed by atoms with Gasteiger partial charge in [-0.2, -0.15) is 0 Å². The van der Waals surface area contributed by atoms with E-state index in [2.05, 4.69) is 286 Å². The van der Waals surface area contributed by atoms with Crippen molar-refractivity contribution in [2.75, 3.05) is 19.6 Å². The van der Waals surface area contributed by atoms with Gasteiger partial charge >= 0.3 is 0 Å². The van der Waals surface area contributed by atoms with E-state index in [9.17, 15) is 0 Å². The van der Waals surface area contributed by atoms with E-state index in [-0.39, 0.29) is 6.71 Å². The fraction of sp³-hybridized carbons (Fsp3) is 0.0833. The van der Waals surface area contributed by atoms with E-state index in [0.29, 0.717) is 0 Å². The first-order valence-corrected chi connectivity index (χ1v) is 29.0. The van der Waals surface area contributed by atoms with Crippen LogP contribution in [0.2, 0.25) is 0 Å². The van der Waals surface area contributed by atoms with Crippen molar-refractivity contribution in [2.45, 2.75) is 41.5 Å². The molecular weight excluding hydrogens is 996 g/mol. The summed E-state index contributed by atoms with van der Waals surface area (Å²) in [6, 6.07) is 83.8. The van der Waals surface area contributed by atoms with E-state index >= 15 is 0 Å². The molecule has 11 aromatic carbocycles. The van der Waals surface area contributed by atoms with Gasteiger partial charge in [0.2, 0.25) is 0 Å². The van der Waals surface area contributed by atoms with Gasteiger partial charge in [0, 0.05) is 97.2 Å². The van der Waals surface area contributed by atoms with Crippen LogP contribution in [0.5, 0.6) is 0 Å². The van der Waals surface area contributed by atoms with Crippen LogP contribution in [-0.4, -0.2) is 6.71 Å². The smallest absolute Gasteiger partial charge is 0.252 e.